The molecule has 6 heteroatoms. The fourth-order valence-electron chi connectivity index (χ4n) is 1.56. The number of carboxylic acids is 1. The number of hydrogen-bond acceptors (Lipinski definition) is 3. The maximum atomic E-state index is 10.9. The Hall–Kier alpha value is -1.69. The van der Waals surface area contributed by atoms with Gasteiger partial charge in [0.05, 0.1) is 5.69 Å². The summed E-state index contributed by atoms with van der Waals surface area (Å²) in [5.74, 6) is -1.02. The minimum atomic E-state index is -1.02. The number of carboxylic acid groups (broad SMARTS) is 1. The highest BCUT2D eigenvalue weighted by atomic mass is 79.9. The van der Waals surface area contributed by atoms with Crippen LogP contribution in [0.2, 0.25) is 0 Å². The number of rotatable bonds is 3. The van der Waals surface area contributed by atoms with E-state index in [0.717, 1.165) is 5.56 Å². The molecule has 0 aliphatic rings. The fraction of sp³-hybridized carbons (Fsp3) is 0.182. The molecular weight excluding hydrogens is 286 g/mol. The predicted octanol–water partition coefficient (Wildman–Crippen LogP) is 2.10. The lowest BCUT2D eigenvalue weighted by atomic mass is 10.2. The molecule has 1 N–H and O–H groups in total. The van der Waals surface area contributed by atoms with E-state index in [0.29, 0.717) is 17.0 Å². The van der Waals surface area contributed by atoms with Gasteiger partial charge in [-0.2, -0.15) is 0 Å². The van der Waals surface area contributed by atoms with E-state index >= 15 is 0 Å². The van der Waals surface area contributed by atoms with E-state index in [1.54, 1.807) is 23.9 Å². The number of pyridine rings is 1. The molecule has 0 saturated carbocycles. The lowest BCUT2D eigenvalue weighted by molar-refractivity contribution is 0.0690. The zero-order chi connectivity index (χ0) is 12.4. The second kappa shape index (κ2) is 4.67. The highest BCUT2D eigenvalue weighted by Gasteiger charge is 2.17. The molecule has 2 aromatic rings. The van der Waals surface area contributed by atoms with Gasteiger partial charge in [0, 0.05) is 18.9 Å². The van der Waals surface area contributed by atoms with Gasteiger partial charge in [-0.05, 0) is 40.5 Å². The Labute approximate surface area is 106 Å². The molecule has 0 spiro atoms. The monoisotopic (exact) mass is 295 g/mol. The van der Waals surface area contributed by atoms with Crippen molar-refractivity contribution in [2.45, 2.75) is 13.5 Å². The Kier molecular flexibility index (Phi) is 3.23. The molecule has 17 heavy (non-hydrogen) atoms. The SMILES string of the molecule is Cc1c(C(=O)O)nc(Br)n1Cc1ccncc1. The van der Waals surface area contributed by atoms with Crippen molar-refractivity contribution in [3.63, 3.8) is 0 Å². The molecule has 0 aliphatic heterocycles. The topological polar surface area (TPSA) is 68.0 Å². The number of hydrogen-bond donors (Lipinski definition) is 1. The van der Waals surface area contributed by atoms with E-state index in [9.17, 15) is 4.79 Å². The number of carbonyl (C=O) groups is 1. The van der Waals surface area contributed by atoms with Gasteiger partial charge in [-0.25, -0.2) is 9.78 Å². The number of imidazole rings is 1. The highest BCUT2D eigenvalue weighted by molar-refractivity contribution is 9.10. The van der Waals surface area contributed by atoms with E-state index in [2.05, 4.69) is 25.9 Å². The fourth-order valence-corrected chi connectivity index (χ4v) is 2.13. The summed E-state index contributed by atoms with van der Waals surface area (Å²) in [5.41, 5.74) is 1.74. The first-order valence-electron chi connectivity index (χ1n) is 4.94. The Morgan fingerprint density at radius 3 is 2.65 bits per heavy atom. The number of halogens is 1. The van der Waals surface area contributed by atoms with Crippen molar-refractivity contribution in [3.8, 4) is 0 Å². The van der Waals surface area contributed by atoms with Gasteiger partial charge in [0.25, 0.3) is 0 Å². The molecule has 5 nitrogen and oxygen atoms in total. The van der Waals surface area contributed by atoms with Crippen LogP contribution in [0.5, 0.6) is 0 Å². The van der Waals surface area contributed by atoms with Gasteiger partial charge < -0.3 is 9.67 Å². The van der Waals surface area contributed by atoms with Gasteiger partial charge in [0.2, 0.25) is 0 Å². The quantitative estimate of drug-likeness (QED) is 0.941. The van der Waals surface area contributed by atoms with Crippen LogP contribution in [-0.4, -0.2) is 25.6 Å². The van der Waals surface area contributed by atoms with Crippen LogP contribution < -0.4 is 0 Å². The second-order valence-corrected chi connectivity index (χ2v) is 4.27. The lowest BCUT2D eigenvalue weighted by Crippen LogP contribution is -2.05. The minimum absolute atomic E-state index is 0.0749. The van der Waals surface area contributed by atoms with Gasteiger partial charge >= 0.3 is 5.97 Å². The largest absolute Gasteiger partial charge is 0.476 e. The molecule has 2 heterocycles. The summed E-state index contributed by atoms with van der Waals surface area (Å²) in [4.78, 5) is 18.8. The van der Waals surface area contributed by atoms with Crippen molar-refractivity contribution < 1.29 is 9.90 Å². The molecule has 0 aromatic carbocycles. The third-order valence-corrected chi connectivity index (χ3v) is 3.07. The van der Waals surface area contributed by atoms with Gasteiger partial charge in [-0.15, -0.1) is 0 Å². The lowest BCUT2D eigenvalue weighted by Gasteiger charge is -2.06. The maximum absolute atomic E-state index is 10.9. The molecule has 0 fully saturated rings. The molecule has 0 saturated heterocycles. The molecule has 88 valence electrons. The van der Waals surface area contributed by atoms with E-state index in [1.165, 1.54) is 0 Å². The molecule has 0 bridgehead atoms. The Balaban J connectivity index is 2.37. The van der Waals surface area contributed by atoms with Crippen molar-refractivity contribution in [2.75, 3.05) is 0 Å². The maximum Gasteiger partial charge on any atom is 0.356 e. The molecule has 0 atom stereocenters. The van der Waals surface area contributed by atoms with Gasteiger partial charge in [-0.3, -0.25) is 4.98 Å². The summed E-state index contributed by atoms with van der Waals surface area (Å²) >= 11 is 3.27. The average molecular weight is 296 g/mol. The van der Waals surface area contributed by atoms with Crippen LogP contribution >= 0.6 is 15.9 Å². The standard InChI is InChI=1S/C11H10BrN3O2/c1-7-9(10(16)17)14-11(12)15(7)6-8-2-4-13-5-3-8/h2-5H,6H2,1H3,(H,16,17). The summed E-state index contributed by atoms with van der Waals surface area (Å²) in [5, 5.41) is 8.96. The zero-order valence-electron chi connectivity index (χ0n) is 9.09. The zero-order valence-corrected chi connectivity index (χ0v) is 10.7. The molecule has 0 radical (unpaired) electrons. The minimum Gasteiger partial charge on any atom is -0.476 e. The summed E-state index contributed by atoms with van der Waals surface area (Å²) in [6, 6.07) is 3.76. The third kappa shape index (κ3) is 2.36. The number of aromatic carboxylic acids is 1. The van der Waals surface area contributed by atoms with Crippen LogP contribution in [0.1, 0.15) is 21.7 Å². The summed E-state index contributed by atoms with van der Waals surface area (Å²) < 4.78 is 2.32. The van der Waals surface area contributed by atoms with E-state index in [-0.39, 0.29) is 5.69 Å². The first-order valence-corrected chi connectivity index (χ1v) is 5.73. The Bertz CT molecular complexity index is 551. The van der Waals surface area contributed by atoms with Crippen molar-refractivity contribution in [2.24, 2.45) is 0 Å². The summed E-state index contributed by atoms with van der Waals surface area (Å²) in [6.45, 7) is 2.30. The molecule has 2 rings (SSSR count). The Morgan fingerprint density at radius 2 is 2.12 bits per heavy atom. The third-order valence-electron chi connectivity index (χ3n) is 2.47. The van der Waals surface area contributed by atoms with Crippen LogP contribution in [0.25, 0.3) is 0 Å². The molecular formula is C11H10BrN3O2. The van der Waals surface area contributed by atoms with Gasteiger partial charge in [0.15, 0.2) is 10.4 Å². The number of aromatic nitrogens is 3. The molecule has 0 aliphatic carbocycles. The van der Waals surface area contributed by atoms with Crippen molar-refractivity contribution in [1.82, 2.24) is 14.5 Å². The first kappa shape index (κ1) is 11.8. The van der Waals surface area contributed by atoms with Crippen molar-refractivity contribution >= 4 is 21.9 Å². The van der Waals surface area contributed by atoms with Crippen LogP contribution in [0.4, 0.5) is 0 Å². The smallest absolute Gasteiger partial charge is 0.356 e. The Morgan fingerprint density at radius 1 is 1.47 bits per heavy atom. The van der Waals surface area contributed by atoms with Crippen LogP contribution in [0, 0.1) is 6.92 Å². The van der Waals surface area contributed by atoms with E-state index in [4.69, 9.17) is 5.11 Å². The van der Waals surface area contributed by atoms with Crippen molar-refractivity contribution in [1.29, 1.82) is 0 Å². The highest BCUT2D eigenvalue weighted by Crippen LogP contribution is 2.18. The number of nitrogens with zero attached hydrogens (tertiary/aromatic N) is 3. The van der Waals surface area contributed by atoms with Crippen LogP contribution in [-0.2, 0) is 6.54 Å². The van der Waals surface area contributed by atoms with Gasteiger partial charge in [-0.1, -0.05) is 0 Å². The van der Waals surface area contributed by atoms with E-state index < -0.39 is 5.97 Å². The molecule has 0 unspecified atom stereocenters. The van der Waals surface area contributed by atoms with Gasteiger partial charge in [0.1, 0.15) is 0 Å². The van der Waals surface area contributed by atoms with E-state index in [1.807, 2.05) is 12.1 Å². The average Bonchev–Trinajstić information content (AvgIpc) is 2.58. The normalized spacial score (nSPS) is 10.5. The predicted molar refractivity (Wildman–Crippen MR) is 65.0 cm³/mol. The summed E-state index contributed by atoms with van der Waals surface area (Å²) in [6.07, 6.45) is 3.40. The van der Waals surface area contributed by atoms with Crippen LogP contribution in [0.3, 0.4) is 0 Å². The summed E-state index contributed by atoms with van der Waals surface area (Å²) in [7, 11) is 0. The molecule has 0 amide bonds. The first-order chi connectivity index (χ1) is 8.09. The van der Waals surface area contributed by atoms with Crippen molar-refractivity contribution in [3.05, 3.63) is 46.2 Å². The molecule has 2 aromatic heterocycles. The van der Waals surface area contributed by atoms with Crippen LogP contribution in [0.15, 0.2) is 29.3 Å². The second-order valence-electron chi connectivity index (χ2n) is 3.56.